The lowest BCUT2D eigenvalue weighted by molar-refractivity contribution is -0.138. The standard InChI is InChI=1S/C9H13ClO2/c10-8(9(11)12)7-4-5-1-2-6(7)3-5/h5-8H,1-4H2,(H,11,12)/t5-,6+,7-,8-/m0/s1. The third-order valence-corrected chi connectivity index (χ3v) is 3.91. The molecule has 2 fully saturated rings. The van der Waals surface area contributed by atoms with Crippen LogP contribution in [-0.4, -0.2) is 16.5 Å². The molecular weight excluding hydrogens is 176 g/mol. The van der Waals surface area contributed by atoms with Crippen LogP contribution in [0.3, 0.4) is 0 Å². The summed E-state index contributed by atoms with van der Waals surface area (Å²) in [4.78, 5) is 10.6. The van der Waals surface area contributed by atoms with Crippen LogP contribution in [0.25, 0.3) is 0 Å². The third kappa shape index (κ3) is 1.22. The normalized spacial score (nSPS) is 41.6. The molecule has 2 nitrogen and oxygen atoms in total. The quantitative estimate of drug-likeness (QED) is 0.674. The first-order chi connectivity index (χ1) is 5.68. The number of hydrogen-bond acceptors (Lipinski definition) is 1. The van der Waals surface area contributed by atoms with Gasteiger partial charge in [-0.05, 0) is 37.0 Å². The zero-order chi connectivity index (χ0) is 8.72. The average Bonchev–Trinajstić information content (AvgIpc) is 2.62. The van der Waals surface area contributed by atoms with E-state index >= 15 is 0 Å². The van der Waals surface area contributed by atoms with E-state index in [1.165, 1.54) is 19.3 Å². The van der Waals surface area contributed by atoms with Gasteiger partial charge in [-0.2, -0.15) is 0 Å². The Morgan fingerprint density at radius 1 is 1.42 bits per heavy atom. The summed E-state index contributed by atoms with van der Waals surface area (Å²) in [7, 11) is 0. The summed E-state index contributed by atoms with van der Waals surface area (Å²) in [6.45, 7) is 0. The molecule has 0 unspecified atom stereocenters. The van der Waals surface area contributed by atoms with Crippen molar-refractivity contribution in [3.63, 3.8) is 0 Å². The number of aliphatic carboxylic acids is 1. The van der Waals surface area contributed by atoms with Crippen molar-refractivity contribution in [2.45, 2.75) is 31.1 Å². The summed E-state index contributed by atoms with van der Waals surface area (Å²) in [5, 5.41) is 8.10. The van der Waals surface area contributed by atoms with E-state index < -0.39 is 11.3 Å². The van der Waals surface area contributed by atoms with Gasteiger partial charge < -0.3 is 5.11 Å². The molecule has 0 aliphatic heterocycles. The Kier molecular flexibility index (Phi) is 2.03. The zero-order valence-corrected chi connectivity index (χ0v) is 7.63. The van der Waals surface area contributed by atoms with E-state index in [2.05, 4.69) is 0 Å². The summed E-state index contributed by atoms with van der Waals surface area (Å²) in [6.07, 6.45) is 4.77. The lowest BCUT2D eigenvalue weighted by Crippen LogP contribution is -2.28. The molecule has 68 valence electrons. The van der Waals surface area contributed by atoms with Crippen LogP contribution in [0.2, 0.25) is 0 Å². The number of rotatable bonds is 2. The third-order valence-electron chi connectivity index (χ3n) is 3.40. The lowest BCUT2D eigenvalue weighted by Gasteiger charge is -2.23. The van der Waals surface area contributed by atoms with Crippen molar-refractivity contribution in [1.82, 2.24) is 0 Å². The van der Waals surface area contributed by atoms with Gasteiger partial charge in [-0.1, -0.05) is 6.42 Å². The Morgan fingerprint density at radius 3 is 2.58 bits per heavy atom. The van der Waals surface area contributed by atoms with Crippen LogP contribution < -0.4 is 0 Å². The fraction of sp³-hybridized carbons (Fsp3) is 0.889. The molecule has 0 saturated heterocycles. The monoisotopic (exact) mass is 188 g/mol. The van der Waals surface area contributed by atoms with E-state index in [4.69, 9.17) is 16.7 Å². The fourth-order valence-corrected chi connectivity index (χ4v) is 3.14. The smallest absolute Gasteiger partial charge is 0.321 e. The second kappa shape index (κ2) is 2.91. The van der Waals surface area contributed by atoms with Crippen LogP contribution in [0.1, 0.15) is 25.7 Å². The first-order valence-corrected chi connectivity index (χ1v) is 4.99. The maximum atomic E-state index is 10.6. The molecule has 2 bridgehead atoms. The van der Waals surface area contributed by atoms with Gasteiger partial charge in [-0.3, -0.25) is 4.79 Å². The highest BCUT2D eigenvalue weighted by Gasteiger charge is 2.44. The Hall–Kier alpha value is -0.240. The van der Waals surface area contributed by atoms with Gasteiger partial charge in [0.25, 0.3) is 0 Å². The van der Waals surface area contributed by atoms with E-state index in [0.717, 1.165) is 12.3 Å². The number of halogens is 1. The number of fused-ring (bicyclic) bond motifs is 2. The van der Waals surface area contributed by atoms with E-state index in [9.17, 15) is 4.79 Å². The Balaban J connectivity index is 2.02. The van der Waals surface area contributed by atoms with Gasteiger partial charge >= 0.3 is 5.97 Å². The highest BCUT2D eigenvalue weighted by Crippen LogP contribution is 2.50. The van der Waals surface area contributed by atoms with Crippen molar-refractivity contribution in [2.75, 3.05) is 0 Å². The van der Waals surface area contributed by atoms with Crippen molar-refractivity contribution in [2.24, 2.45) is 17.8 Å². The Morgan fingerprint density at radius 2 is 2.17 bits per heavy atom. The van der Waals surface area contributed by atoms with Gasteiger partial charge in [0.05, 0.1) is 0 Å². The zero-order valence-electron chi connectivity index (χ0n) is 6.87. The molecule has 0 amide bonds. The Labute approximate surface area is 76.9 Å². The van der Waals surface area contributed by atoms with Crippen LogP contribution in [-0.2, 0) is 4.79 Å². The van der Waals surface area contributed by atoms with Crippen molar-refractivity contribution < 1.29 is 9.90 Å². The SMILES string of the molecule is O=C(O)[C@@H](Cl)[C@H]1C[C@H]2CC[C@@H]1C2. The molecule has 0 aromatic rings. The van der Waals surface area contributed by atoms with E-state index in [1.54, 1.807) is 0 Å². The molecule has 0 spiro atoms. The average molecular weight is 189 g/mol. The van der Waals surface area contributed by atoms with Crippen molar-refractivity contribution in [1.29, 1.82) is 0 Å². The Bertz CT molecular complexity index is 205. The summed E-state index contributed by atoms with van der Waals surface area (Å²) in [6, 6.07) is 0. The molecule has 2 aliphatic carbocycles. The molecule has 4 atom stereocenters. The van der Waals surface area contributed by atoms with Gasteiger partial charge in [-0.15, -0.1) is 11.6 Å². The van der Waals surface area contributed by atoms with Gasteiger partial charge in [0.2, 0.25) is 0 Å². The van der Waals surface area contributed by atoms with Crippen LogP contribution in [0.4, 0.5) is 0 Å². The van der Waals surface area contributed by atoms with Crippen molar-refractivity contribution in [3.05, 3.63) is 0 Å². The van der Waals surface area contributed by atoms with Crippen LogP contribution in [0.5, 0.6) is 0 Å². The van der Waals surface area contributed by atoms with Gasteiger partial charge in [0.1, 0.15) is 5.38 Å². The second-order valence-corrected chi connectivity index (χ2v) is 4.55. The highest BCUT2D eigenvalue weighted by atomic mass is 35.5. The minimum atomic E-state index is -0.839. The van der Waals surface area contributed by atoms with Gasteiger partial charge in [0.15, 0.2) is 0 Å². The molecule has 0 radical (unpaired) electrons. The van der Waals surface area contributed by atoms with Gasteiger partial charge in [-0.25, -0.2) is 0 Å². The molecule has 3 heteroatoms. The molecule has 0 heterocycles. The topological polar surface area (TPSA) is 37.3 Å². The largest absolute Gasteiger partial charge is 0.480 e. The van der Waals surface area contributed by atoms with Crippen molar-refractivity contribution >= 4 is 17.6 Å². The first-order valence-electron chi connectivity index (χ1n) is 4.55. The number of hydrogen-bond donors (Lipinski definition) is 1. The molecule has 12 heavy (non-hydrogen) atoms. The predicted molar refractivity (Wildman–Crippen MR) is 46.2 cm³/mol. The molecule has 0 aromatic carbocycles. The fourth-order valence-electron chi connectivity index (χ4n) is 2.84. The molecule has 2 saturated carbocycles. The second-order valence-electron chi connectivity index (χ2n) is 4.08. The number of alkyl halides is 1. The number of carboxylic acid groups (broad SMARTS) is 1. The van der Waals surface area contributed by atoms with E-state index in [-0.39, 0.29) is 5.92 Å². The molecule has 1 N–H and O–H groups in total. The van der Waals surface area contributed by atoms with Crippen LogP contribution in [0, 0.1) is 17.8 Å². The van der Waals surface area contributed by atoms with Crippen LogP contribution >= 0.6 is 11.6 Å². The van der Waals surface area contributed by atoms with Gasteiger partial charge in [0, 0.05) is 0 Å². The minimum absolute atomic E-state index is 0.253. The summed E-state index contributed by atoms with van der Waals surface area (Å²) in [5.74, 6) is 0.798. The minimum Gasteiger partial charge on any atom is -0.480 e. The first kappa shape index (κ1) is 8.36. The van der Waals surface area contributed by atoms with E-state index in [0.29, 0.717) is 5.92 Å². The molecule has 2 aliphatic rings. The maximum Gasteiger partial charge on any atom is 0.321 e. The molecule has 0 aromatic heterocycles. The maximum absolute atomic E-state index is 10.6. The molecule has 2 rings (SSSR count). The summed E-state index contributed by atoms with van der Waals surface area (Å²) in [5.41, 5.74) is 0. The lowest BCUT2D eigenvalue weighted by atomic mass is 9.86. The summed E-state index contributed by atoms with van der Waals surface area (Å²) >= 11 is 5.82. The highest BCUT2D eigenvalue weighted by molar-refractivity contribution is 6.29. The van der Waals surface area contributed by atoms with E-state index in [1.807, 2.05) is 0 Å². The molecular formula is C9H13ClO2. The predicted octanol–water partition coefficient (Wildman–Crippen LogP) is 2.11. The number of carboxylic acids is 1. The summed E-state index contributed by atoms with van der Waals surface area (Å²) < 4.78 is 0. The van der Waals surface area contributed by atoms with Crippen molar-refractivity contribution in [3.8, 4) is 0 Å². The van der Waals surface area contributed by atoms with Crippen LogP contribution in [0.15, 0.2) is 0 Å². The number of carbonyl (C=O) groups is 1.